The highest BCUT2D eigenvalue weighted by Crippen LogP contribution is 2.30. The van der Waals surface area contributed by atoms with Gasteiger partial charge in [0.05, 0.1) is 0 Å². The molecular weight excluding hydrogens is 264 g/mol. The van der Waals surface area contributed by atoms with Crippen molar-refractivity contribution in [1.82, 2.24) is 0 Å². The molecule has 0 aromatic heterocycles. The van der Waals surface area contributed by atoms with Crippen molar-refractivity contribution in [1.29, 1.82) is 0 Å². The molecule has 4 rings (SSSR count). The lowest BCUT2D eigenvalue weighted by Crippen LogP contribution is -2.10. The molecule has 0 aliphatic heterocycles. The Hall–Kier alpha value is -2.34. The van der Waals surface area contributed by atoms with Crippen molar-refractivity contribution >= 4 is 32.3 Å². The summed E-state index contributed by atoms with van der Waals surface area (Å²) < 4.78 is 0. The van der Waals surface area contributed by atoms with Crippen LogP contribution in [0.25, 0.3) is 32.3 Å². The summed E-state index contributed by atoms with van der Waals surface area (Å²) in [5, 5.41) is 7.89. The SMILES string of the molecule is CC(C)(C)c1ccc2cc3cc4ccccc4cc3cc2c1. The van der Waals surface area contributed by atoms with E-state index in [4.69, 9.17) is 0 Å². The largest absolute Gasteiger partial charge is 0.0616 e. The van der Waals surface area contributed by atoms with E-state index < -0.39 is 0 Å². The minimum absolute atomic E-state index is 0.187. The Morgan fingerprint density at radius 2 is 0.955 bits per heavy atom. The normalized spacial score (nSPS) is 12.3. The van der Waals surface area contributed by atoms with Crippen molar-refractivity contribution in [3.05, 3.63) is 72.3 Å². The van der Waals surface area contributed by atoms with Gasteiger partial charge >= 0.3 is 0 Å². The van der Waals surface area contributed by atoms with Gasteiger partial charge in [0.15, 0.2) is 0 Å². The Morgan fingerprint density at radius 3 is 1.50 bits per heavy atom. The van der Waals surface area contributed by atoms with Crippen LogP contribution in [0.1, 0.15) is 26.3 Å². The third-order valence-electron chi connectivity index (χ3n) is 4.53. The van der Waals surface area contributed by atoms with E-state index in [2.05, 4.69) is 87.5 Å². The van der Waals surface area contributed by atoms with Crippen LogP contribution in [-0.2, 0) is 5.41 Å². The molecule has 0 nitrogen and oxygen atoms in total. The Kier molecular flexibility index (Phi) is 2.77. The molecule has 108 valence electrons. The zero-order chi connectivity index (χ0) is 15.3. The second kappa shape index (κ2) is 4.58. The number of hydrogen-bond donors (Lipinski definition) is 0. The van der Waals surface area contributed by atoms with E-state index in [1.54, 1.807) is 0 Å². The summed E-state index contributed by atoms with van der Waals surface area (Å²) in [5.41, 5.74) is 1.58. The van der Waals surface area contributed by atoms with E-state index in [9.17, 15) is 0 Å². The predicted octanol–water partition coefficient (Wildman–Crippen LogP) is 6.44. The molecule has 4 aromatic carbocycles. The molecule has 0 fully saturated rings. The van der Waals surface area contributed by atoms with Crippen molar-refractivity contribution in [2.24, 2.45) is 0 Å². The van der Waals surface area contributed by atoms with Crippen LogP contribution in [0.3, 0.4) is 0 Å². The average Bonchev–Trinajstić information content (AvgIpc) is 2.49. The van der Waals surface area contributed by atoms with Crippen molar-refractivity contribution in [2.75, 3.05) is 0 Å². The molecule has 22 heavy (non-hydrogen) atoms. The van der Waals surface area contributed by atoms with Gasteiger partial charge in [0, 0.05) is 0 Å². The molecular formula is C22H20. The topological polar surface area (TPSA) is 0 Å². The van der Waals surface area contributed by atoms with Crippen LogP contribution in [-0.4, -0.2) is 0 Å². The van der Waals surface area contributed by atoms with Gasteiger partial charge in [-0.25, -0.2) is 0 Å². The van der Waals surface area contributed by atoms with Gasteiger partial charge in [-0.2, -0.15) is 0 Å². The highest BCUT2D eigenvalue weighted by molar-refractivity contribution is 6.04. The van der Waals surface area contributed by atoms with Gasteiger partial charge in [-0.05, 0) is 67.6 Å². The Balaban J connectivity index is 2.03. The highest BCUT2D eigenvalue weighted by Gasteiger charge is 2.13. The summed E-state index contributed by atoms with van der Waals surface area (Å²) in [6.07, 6.45) is 0. The van der Waals surface area contributed by atoms with E-state index in [0.29, 0.717) is 0 Å². The van der Waals surface area contributed by atoms with Gasteiger partial charge in [-0.1, -0.05) is 63.2 Å². The van der Waals surface area contributed by atoms with Crippen molar-refractivity contribution in [3.8, 4) is 0 Å². The number of hydrogen-bond acceptors (Lipinski definition) is 0. The number of benzene rings is 4. The zero-order valence-corrected chi connectivity index (χ0v) is 13.4. The second-order valence-corrected chi connectivity index (χ2v) is 7.21. The molecule has 0 unspecified atom stereocenters. The summed E-state index contributed by atoms with van der Waals surface area (Å²) in [5.74, 6) is 0. The molecule has 0 aliphatic carbocycles. The molecule has 0 atom stereocenters. The van der Waals surface area contributed by atoms with E-state index in [0.717, 1.165) is 0 Å². The van der Waals surface area contributed by atoms with E-state index in [-0.39, 0.29) is 5.41 Å². The van der Waals surface area contributed by atoms with Gasteiger partial charge in [-0.3, -0.25) is 0 Å². The molecule has 0 heteroatoms. The van der Waals surface area contributed by atoms with Crippen LogP contribution in [0, 0.1) is 0 Å². The van der Waals surface area contributed by atoms with Crippen LogP contribution in [0.4, 0.5) is 0 Å². The van der Waals surface area contributed by atoms with Crippen molar-refractivity contribution < 1.29 is 0 Å². The Labute approximate surface area is 131 Å². The molecule has 0 radical (unpaired) electrons. The molecule has 0 bridgehead atoms. The maximum absolute atomic E-state index is 2.34. The first-order valence-corrected chi connectivity index (χ1v) is 7.87. The predicted molar refractivity (Wildman–Crippen MR) is 97.7 cm³/mol. The van der Waals surface area contributed by atoms with Crippen molar-refractivity contribution in [2.45, 2.75) is 26.2 Å². The summed E-state index contributed by atoms with van der Waals surface area (Å²) in [4.78, 5) is 0. The monoisotopic (exact) mass is 284 g/mol. The third-order valence-corrected chi connectivity index (χ3v) is 4.53. The van der Waals surface area contributed by atoms with Crippen molar-refractivity contribution in [3.63, 3.8) is 0 Å². The average molecular weight is 284 g/mol. The third kappa shape index (κ3) is 2.16. The fourth-order valence-electron chi connectivity index (χ4n) is 3.16. The van der Waals surface area contributed by atoms with E-state index in [1.165, 1.54) is 37.9 Å². The standard InChI is InChI=1S/C22H20/c1-22(2,3)21-9-8-17-12-18-10-15-6-4-5-7-16(15)11-19(18)13-20(17)14-21/h4-14H,1-3H3. The Bertz CT molecular complexity index is 1000. The lowest BCUT2D eigenvalue weighted by Gasteiger charge is -2.19. The van der Waals surface area contributed by atoms with Gasteiger partial charge in [0.25, 0.3) is 0 Å². The smallest absolute Gasteiger partial charge is 0.0132 e. The van der Waals surface area contributed by atoms with Gasteiger partial charge in [0.1, 0.15) is 0 Å². The van der Waals surface area contributed by atoms with Crippen LogP contribution in [0.5, 0.6) is 0 Å². The zero-order valence-electron chi connectivity index (χ0n) is 13.4. The number of fused-ring (bicyclic) bond motifs is 3. The molecule has 0 amide bonds. The minimum atomic E-state index is 0.187. The first kappa shape index (κ1) is 13.3. The maximum Gasteiger partial charge on any atom is -0.0132 e. The molecule has 0 saturated carbocycles. The molecule has 4 aromatic rings. The first-order chi connectivity index (χ1) is 10.5. The van der Waals surface area contributed by atoms with E-state index in [1.807, 2.05) is 0 Å². The molecule has 0 N–H and O–H groups in total. The van der Waals surface area contributed by atoms with Crippen LogP contribution >= 0.6 is 0 Å². The van der Waals surface area contributed by atoms with Gasteiger partial charge in [0.2, 0.25) is 0 Å². The summed E-state index contributed by atoms with van der Waals surface area (Å²) in [6.45, 7) is 6.80. The Morgan fingerprint density at radius 1 is 0.500 bits per heavy atom. The lowest BCUT2D eigenvalue weighted by molar-refractivity contribution is 0.591. The minimum Gasteiger partial charge on any atom is -0.0616 e. The van der Waals surface area contributed by atoms with Crippen LogP contribution in [0.15, 0.2) is 66.7 Å². The molecule has 0 aliphatic rings. The summed E-state index contributed by atoms with van der Waals surface area (Å²) >= 11 is 0. The highest BCUT2D eigenvalue weighted by atomic mass is 14.2. The van der Waals surface area contributed by atoms with E-state index >= 15 is 0 Å². The summed E-state index contributed by atoms with van der Waals surface area (Å²) in [6, 6.07) is 24.7. The van der Waals surface area contributed by atoms with Crippen LogP contribution in [0.2, 0.25) is 0 Å². The summed E-state index contributed by atoms with van der Waals surface area (Å²) in [7, 11) is 0. The second-order valence-electron chi connectivity index (χ2n) is 7.21. The molecule has 0 spiro atoms. The fourth-order valence-corrected chi connectivity index (χ4v) is 3.16. The molecule has 0 saturated heterocycles. The maximum atomic E-state index is 2.34. The number of rotatable bonds is 0. The van der Waals surface area contributed by atoms with Gasteiger partial charge < -0.3 is 0 Å². The first-order valence-electron chi connectivity index (χ1n) is 7.87. The quantitative estimate of drug-likeness (QED) is 0.326. The van der Waals surface area contributed by atoms with Gasteiger partial charge in [-0.15, -0.1) is 0 Å². The lowest BCUT2D eigenvalue weighted by atomic mass is 9.85. The van der Waals surface area contributed by atoms with Crippen LogP contribution < -0.4 is 0 Å². The molecule has 0 heterocycles. The fraction of sp³-hybridized carbons (Fsp3) is 0.182.